The Morgan fingerprint density at radius 3 is 1.92 bits per heavy atom. The molecule has 0 aliphatic heterocycles. The van der Waals surface area contributed by atoms with Crippen molar-refractivity contribution < 1.29 is 22.7 Å². The second kappa shape index (κ2) is 2.83. The zero-order valence-electron chi connectivity index (χ0n) is 7.40. The van der Waals surface area contributed by atoms with Crippen molar-refractivity contribution in [2.24, 2.45) is 11.8 Å². The molecule has 78 valence electrons. The van der Waals surface area contributed by atoms with Crippen LogP contribution in [0.3, 0.4) is 0 Å². The van der Waals surface area contributed by atoms with E-state index in [2.05, 4.69) is 0 Å². The van der Waals surface area contributed by atoms with Gasteiger partial charge in [0.1, 0.15) is 6.17 Å². The molecule has 1 nitrogen and oxygen atoms in total. The lowest BCUT2D eigenvalue weighted by molar-refractivity contribution is -0.287. The van der Waals surface area contributed by atoms with Gasteiger partial charge in [0.2, 0.25) is 0 Å². The van der Waals surface area contributed by atoms with Crippen LogP contribution >= 0.6 is 0 Å². The molecule has 1 aliphatic rings. The number of aliphatic hydroxyl groups is 1. The molecule has 1 N–H and O–H groups in total. The van der Waals surface area contributed by atoms with Crippen molar-refractivity contribution >= 4 is 0 Å². The summed E-state index contributed by atoms with van der Waals surface area (Å²) in [6.07, 6.45) is -7.30. The fraction of sp³-hybridized carbons (Fsp3) is 1.00. The van der Waals surface area contributed by atoms with Crippen LogP contribution in [0.15, 0.2) is 0 Å². The molecule has 13 heavy (non-hydrogen) atoms. The molecule has 0 amide bonds. The molecule has 0 radical (unpaired) electrons. The Morgan fingerprint density at radius 2 is 1.77 bits per heavy atom. The van der Waals surface area contributed by atoms with E-state index in [1.54, 1.807) is 0 Å². The predicted molar refractivity (Wildman–Crippen MR) is 38.8 cm³/mol. The maximum atomic E-state index is 13.0. The third-order valence-corrected chi connectivity index (χ3v) is 3.06. The van der Waals surface area contributed by atoms with Crippen LogP contribution in [0.25, 0.3) is 0 Å². The van der Waals surface area contributed by atoms with Crippen LogP contribution in [0, 0.1) is 11.8 Å². The molecular formula is C8H12F4O. The molecule has 0 saturated heterocycles. The van der Waals surface area contributed by atoms with Gasteiger partial charge in [-0.3, -0.25) is 0 Å². The molecule has 4 atom stereocenters. The minimum Gasteiger partial charge on any atom is -0.378 e. The lowest BCUT2D eigenvalue weighted by atomic mass is 9.87. The number of rotatable bonds is 0. The van der Waals surface area contributed by atoms with Gasteiger partial charge in [-0.15, -0.1) is 0 Å². The number of alkyl halides is 4. The Bertz CT molecular complexity index is 203. The van der Waals surface area contributed by atoms with E-state index in [0.29, 0.717) is 0 Å². The van der Waals surface area contributed by atoms with Crippen LogP contribution in [0.4, 0.5) is 17.6 Å². The molecule has 0 bridgehead atoms. The van der Waals surface area contributed by atoms with Crippen molar-refractivity contribution in [1.29, 1.82) is 0 Å². The number of halogens is 4. The minimum absolute atomic E-state index is 0.225. The van der Waals surface area contributed by atoms with Crippen molar-refractivity contribution in [3.05, 3.63) is 0 Å². The summed E-state index contributed by atoms with van der Waals surface area (Å²) < 4.78 is 50.0. The van der Waals surface area contributed by atoms with Gasteiger partial charge in [0.15, 0.2) is 5.60 Å². The summed E-state index contributed by atoms with van der Waals surface area (Å²) in [5, 5.41) is 9.24. The molecule has 5 heteroatoms. The molecule has 4 unspecified atom stereocenters. The largest absolute Gasteiger partial charge is 0.420 e. The van der Waals surface area contributed by atoms with E-state index in [0.717, 1.165) is 0 Å². The smallest absolute Gasteiger partial charge is 0.378 e. The van der Waals surface area contributed by atoms with Crippen molar-refractivity contribution in [2.45, 2.75) is 38.2 Å². The van der Waals surface area contributed by atoms with Gasteiger partial charge in [-0.05, 0) is 18.3 Å². The van der Waals surface area contributed by atoms with Gasteiger partial charge in [0.25, 0.3) is 0 Å². The van der Waals surface area contributed by atoms with Gasteiger partial charge in [-0.2, -0.15) is 13.2 Å². The lowest BCUT2D eigenvalue weighted by Gasteiger charge is -2.32. The topological polar surface area (TPSA) is 20.2 Å². The maximum Gasteiger partial charge on any atom is 0.420 e. The van der Waals surface area contributed by atoms with E-state index in [4.69, 9.17) is 0 Å². The van der Waals surface area contributed by atoms with Gasteiger partial charge in [-0.25, -0.2) is 4.39 Å². The third-order valence-electron chi connectivity index (χ3n) is 3.06. The Balaban J connectivity index is 3.01. The van der Waals surface area contributed by atoms with Gasteiger partial charge < -0.3 is 5.11 Å². The highest BCUT2D eigenvalue weighted by atomic mass is 19.4. The first-order valence-electron chi connectivity index (χ1n) is 4.14. The summed E-state index contributed by atoms with van der Waals surface area (Å²) in [6, 6.07) is 0. The minimum atomic E-state index is -4.88. The molecule has 1 rings (SSSR count). The van der Waals surface area contributed by atoms with E-state index in [1.165, 1.54) is 13.8 Å². The molecule has 1 saturated carbocycles. The van der Waals surface area contributed by atoms with E-state index >= 15 is 0 Å². The average molecular weight is 200 g/mol. The maximum absolute atomic E-state index is 13.0. The normalized spacial score (nSPS) is 46.8. The molecular weight excluding hydrogens is 188 g/mol. The third kappa shape index (κ3) is 1.33. The lowest BCUT2D eigenvalue weighted by Crippen LogP contribution is -2.53. The van der Waals surface area contributed by atoms with Crippen LogP contribution in [-0.2, 0) is 0 Å². The van der Waals surface area contributed by atoms with Crippen molar-refractivity contribution in [2.75, 3.05) is 0 Å². The van der Waals surface area contributed by atoms with Gasteiger partial charge >= 0.3 is 6.18 Å². The SMILES string of the molecule is CC1CC(F)C(O)(C(F)(F)F)C1C. The van der Waals surface area contributed by atoms with E-state index < -0.39 is 29.8 Å². The Morgan fingerprint density at radius 1 is 1.31 bits per heavy atom. The second-order valence-electron chi connectivity index (χ2n) is 3.79. The van der Waals surface area contributed by atoms with Crippen LogP contribution in [0.2, 0.25) is 0 Å². The summed E-state index contributed by atoms with van der Waals surface area (Å²) in [6.45, 7) is 2.75. The summed E-state index contributed by atoms with van der Waals surface area (Å²) in [4.78, 5) is 0. The quantitative estimate of drug-likeness (QED) is 0.595. The van der Waals surface area contributed by atoms with Crippen LogP contribution in [0.5, 0.6) is 0 Å². The standard InChI is InChI=1S/C8H12F4O/c1-4-3-6(9)7(13,5(4)2)8(10,11)12/h4-6,13H,3H2,1-2H3. The first-order valence-corrected chi connectivity index (χ1v) is 4.14. The summed E-state index contributed by atoms with van der Waals surface area (Å²) in [5.41, 5.74) is -3.15. The Labute approximate surface area is 73.7 Å². The fourth-order valence-electron chi connectivity index (χ4n) is 1.86. The predicted octanol–water partition coefficient (Wildman–Crippen LogP) is 2.29. The highest BCUT2D eigenvalue weighted by Gasteiger charge is 2.66. The molecule has 0 spiro atoms. The first kappa shape index (κ1) is 10.8. The van der Waals surface area contributed by atoms with Gasteiger partial charge in [0.05, 0.1) is 0 Å². The summed E-state index contributed by atoms with van der Waals surface area (Å²) in [5.74, 6) is -1.52. The van der Waals surface area contributed by atoms with Crippen LogP contribution in [-0.4, -0.2) is 23.1 Å². The van der Waals surface area contributed by atoms with Gasteiger partial charge in [-0.1, -0.05) is 13.8 Å². The van der Waals surface area contributed by atoms with E-state index in [9.17, 15) is 22.7 Å². The Hall–Kier alpha value is -0.320. The van der Waals surface area contributed by atoms with Crippen molar-refractivity contribution in [1.82, 2.24) is 0 Å². The zero-order chi connectivity index (χ0) is 10.4. The molecule has 0 heterocycles. The second-order valence-corrected chi connectivity index (χ2v) is 3.79. The van der Waals surface area contributed by atoms with Crippen molar-refractivity contribution in [3.8, 4) is 0 Å². The van der Waals surface area contributed by atoms with Crippen LogP contribution in [0.1, 0.15) is 20.3 Å². The Kier molecular flexibility index (Phi) is 2.35. The number of hydrogen-bond acceptors (Lipinski definition) is 1. The van der Waals surface area contributed by atoms with Gasteiger partial charge in [0, 0.05) is 0 Å². The molecule has 1 aliphatic carbocycles. The van der Waals surface area contributed by atoms with Crippen LogP contribution < -0.4 is 0 Å². The van der Waals surface area contributed by atoms with E-state index in [-0.39, 0.29) is 6.42 Å². The average Bonchev–Trinajstić information content (AvgIpc) is 2.14. The van der Waals surface area contributed by atoms with Crippen molar-refractivity contribution in [3.63, 3.8) is 0 Å². The molecule has 0 aromatic heterocycles. The number of hydrogen-bond donors (Lipinski definition) is 1. The molecule has 0 aromatic carbocycles. The highest BCUT2D eigenvalue weighted by molar-refractivity contribution is 5.05. The molecule has 1 fully saturated rings. The summed E-state index contributed by atoms with van der Waals surface area (Å²) >= 11 is 0. The molecule has 0 aromatic rings. The van der Waals surface area contributed by atoms with E-state index in [1.807, 2.05) is 0 Å². The monoisotopic (exact) mass is 200 g/mol. The zero-order valence-corrected chi connectivity index (χ0v) is 7.40. The summed E-state index contributed by atoms with van der Waals surface area (Å²) in [7, 11) is 0. The fourth-order valence-corrected chi connectivity index (χ4v) is 1.86. The highest BCUT2D eigenvalue weighted by Crippen LogP contribution is 2.50. The first-order chi connectivity index (χ1) is 5.71.